The number of nitrogens with zero attached hydrogens (tertiary/aromatic N) is 1. The first kappa shape index (κ1) is 20.8. The van der Waals surface area contributed by atoms with Crippen LogP contribution in [0.2, 0.25) is 0 Å². The van der Waals surface area contributed by atoms with Gasteiger partial charge in [-0.15, -0.1) is 0 Å². The van der Waals surface area contributed by atoms with Crippen LogP contribution < -0.4 is 15.4 Å². The zero-order valence-corrected chi connectivity index (χ0v) is 17.5. The molecule has 3 rings (SSSR count). The maximum atomic E-state index is 13.1. The summed E-state index contributed by atoms with van der Waals surface area (Å²) in [5, 5.41) is 5.30. The Labute approximate surface area is 169 Å². The summed E-state index contributed by atoms with van der Waals surface area (Å²) < 4.78 is 32.3. The van der Waals surface area contributed by atoms with Crippen LogP contribution in [-0.2, 0) is 26.0 Å². The third-order valence-corrected chi connectivity index (χ3v) is 6.50. The number of carbonyl (C=O) groups is 2. The predicted molar refractivity (Wildman–Crippen MR) is 110 cm³/mol. The van der Waals surface area contributed by atoms with Crippen molar-refractivity contribution in [3.8, 4) is 5.75 Å². The first-order valence-electron chi connectivity index (χ1n) is 8.96. The lowest BCUT2D eigenvalue weighted by Gasteiger charge is -2.19. The number of hydrogen-bond acceptors (Lipinski definition) is 5. The molecule has 1 aliphatic heterocycles. The van der Waals surface area contributed by atoms with Crippen molar-refractivity contribution in [2.45, 2.75) is 25.2 Å². The van der Waals surface area contributed by atoms with Gasteiger partial charge in [-0.05, 0) is 54.8 Å². The highest BCUT2D eigenvalue weighted by molar-refractivity contribution is 7.89. The Morgan fingerprint density at radius 2 is 1.97 bits per heavy atom. The molecule has 2 N–H and O–H groups in total. The van der Waals surface area contributed by atoms with Crippen LogP contribution in [-0.4, -0.2) is 45.2 Å². The lowest BCUT2D eigenvalue weighted by Crippen LogP contribution is -2.35. The second-order valence-electron chi connectivity index (χ2n) is 7.02. The number of rotatable bonds is 6. The van der Waals surface area contributed by atoms with Crippen molar-refractivity contribution in [2.24, 2.45) is 0 Å². The quantitative estimate of drug-likeness (QED) is 0.749. The van der Waals surface area contributed by atoms with Crippen LogP contribution in [0.25, 0.3) is 0 Å². The van der Waals surface area contributed by atoms with Crippen LogP contribution in [0.4, 0.5) is 11.4 Å². The normalized spacial score (nSPS) is 13.2. The zero-order chi connectivity index (χ0) is 21.3. The van der Waals surface area contributed by atoms with Crippen molar-refractivity contribution in [1.82, 2.24) is 4.31 Å². The molecule has 0 aliphatic carbocycles. The molecule has 2 aromatic rings. The molecule has 0 aromatic heterocycles. The van der Waals surface area contributed by atoms with Gasteiger partial charge in [0, 0.05) is 12.7 Å². The molecule has 0 bridgehead atoms. The van der Waals surface area contributed by atoms with Gasteiger partial charge in [0.1, 0.15) is 10.6 Å². The van der Waals surface area contributed by atoms with Crippen molar-refractivity contribution in [3.05, 3.63) is 47.0 Å². The number of aryl methyl sites for hydroxylation is 2. The number of fused-ring (bicyclic) bond motifs is 1. The first-order valence-corrected chi connectivity index (χ1v) is 10.4. The van der Waals surface area contributed by atoms with Crippen LogP contribution in [0.3, 0.4) is 0 Å². The average Bonchev–Trinajstić information content (AvgIpc) is 3.00. The molecule has 0 spiro atoms. The number of likely N-dealkylation sites (N-methyl/N-ethyl adjacent to an activating group) is 1. The number of amides is 2. The third kappa shape index (κ3) is 4.25. The van der Waals surface area contributed by atoms with E-state index in [2.05, 4.69) is 10.6 Å². The monoisotopic (exact) mass is 417 g/mol. The number of methoxy groups -OCH3 is 1. The van der Waals surface area contributed by atoms with E-state index in [1.54, 1.807) is 38.3 Å². The lowest BCUT2D eigenvalue weighted by atomic mass is 10.1. The Hall–Kier alpha value is -2.91. The Kier molecular flexibility index (Phi) is 5.63. The number of sulfonamides is 1. The third-order valence-electron chi connectivity index (χ3n) is 4.68. The van der Waals surface area contributed by atoms with E-state index in [1.165, 1.54) is 13.1 Å². The minimum absolute atomic E-state index is 0.00561. The summed E-state index contributed by atoms with van der Waals surface area (Å²) in [4.78, 5) is 24.1. The average molecular weight is 417 g/mol. The van der Waals surface area contributed by atoms with E-state index in [-0.39, 0.29) is 23.8 Å². The van der Waals surface area contributed by atoms with E-state index < -0.39 is 15.9 Å². The van der Waals surface area contributed by atoms with Gasteiger partial charge in [0.15, 0.2) is 0 Å². The molecule has 2 aromatic carbocycles. The second kappa shape index (κ2) is 7.84. The van der Waals surface area contributed by atoms with E-state index in [9.17, 15) is 18.0 Å². The highest BCUT2D eigenvalue weighted by Crippen LogP contribution is 2.33. The Morgan fingerprint density at radius 1 is 1.24 bits per heavy atom. The molecule has 0 saturated heterocycles. The molecule has 9 heteroatoms. The predicted octanol–water partition coefficient (Wildman–Crippen LogP) is 2.07. The molecule has 1 heterocycles. The SMILES string of the molecule is COc1ccc(NC(=O)CN(C)S(=O)(=O)c2cc(C)cc3c2NC(=O)C3)cc1C. The molecule has 29 heavy (non-hydrogen) atoms. The molecule has 0 fully saturated rings. The lowest BCUT2D eigenvalue weighted by molar-refractivity contribution is -0.116. The van der Waals surface area contributed by atoms with Gasteiger partial charge in [0.05, 0.1) is 25.8 Å². The van der Waals surface area contributed by atoms with E-state index in [0.717, 1.165) is 15.4 Å². The topological polar surface area (TPSA) is 105 Å². The molecular weight excluding hydrogens is 394 g/mol. The summed E-state index contributed by atoms with van der Waals surface area (Å²) >= 11 is 0. The Balaban J connectivity index is 1.78. The summed E-state index contributed by atoms with van der Waals surface area (Å²) in [5.41, 5.74) is 3.05. The number of hydrogen-bond donors (Lipinski definition) is 2. The maximum absolute atomic E-state index is 13.1. The fraction of sp³-hybridized carbons (Fsp3) is 0.300. The van der Waals surface area contributed by atoms with Crippen molar-refractivity contribution < 1.29 is 22.7 Å². The van der Waals surface area contributed by atoms with Crippen LogP contribution in [0.5, 0.6) is 5.75 Å². The minimum atomic E-state index is -3.98. The first-order chi connectivity index (χ1) is 13.6. The van der Waals surface area contributed by atoms with Gasteiger partial charge < -0.3 is 15.4 Å². The van der Waals surface area contributed by atoms with Gasteiger partial charge in [-0.25, -0.2) is 8.42 Å². The maximum Gasteiger partial charge on any atom is 0.245 e. The van der Waals surface area contributed by atoms with Gasteiger partial charge in [0.25, 0.3) is 0 Å². The molecule has 0 saturated carbocycles. The van der Waals surface area contributed by atoms with E-state index in [1.807, 2.05) is 6.92 Å². The Morgan fingerprint density at radius 3 is 2.62 bits per heavy atom. The fourth-order valence-electron chi connectivity index (χ4n) is 3.28. The summed E-state index contributed by atoms with van der Waals surface area (Å²) in [6, 6.07) is 8.44. The summed E-state index contributed by atoms with van der Waals surface area (Å²) in [6.07, 6.45) is 0.139. The molecule has 2 amide bonds. The summed E-state index contributed by atoms with van der Waals surface area (Å²) in [6.45, 7) is 3.24. The van der Waals surface area contributed by atoms with Gasteiger partial charge in [-0.3, -0.25) is 9.59 Å². The van der Waals surface area contributed by atoms with Gasteiger partial charge in [0.2, 0.25) is 21.8 Å². The van der Waals surface area contributed by atoms with E-state index in [4.69, 9.17) is 4.74 Å². The van der Waals surface area contributed by atoms with Crippen LogP contribution >= 0.6 is 0 Å². The fourth-order valence-corrected chi connectivity index (χ4v) is 4.68. The van der Waals surface area contributed by atoms with Crippen LogP contribution in [0, 0.1) is 13.8 Å². The van der Waals surface area contributed by atoms with Gasteiger partial charge in [-0.1, -0.05) is 6.07 Å². The van der Waals surface area contributed by atoms with Crippen molar-refractivity contribution in [3.63, 3.8) is 0 Å². The molecule has 0 atom stereocenters. The smallest absolute Gasteiger partial charge is 0.245 e. The number of anilines is 2. The molecule has 154 valence electrons. The van der Waals surface area contributed by atoms with Gasteiger partial charge >= 0.3 is 0 Å². The molecule has 8 nitrogen and oxygen atoms in total. The van der Waals surface area contributed by atoms with Gasteiger partial charge in [-0.2, -0.15) is 4.31 Å². The summed E-state index contributed by atoms with van der Waals surface area (Å²) in [7, 11) is -1.09. The Bertz CT molecular complexity index is 1100. The number of ether oxygens (including phenoxy) is 1. The standard InChI is InChI=1S/C20H23N3O5S/c1-12-7-14-10-18(24)22-20(14)17(8-12)29(26,27)23(3)11-19(25)21-15-5-6-16(28-4)13(2)9-15/h5-9H,10-11H2,1-4H3,(H,21,25)(H,22,24). The number of benzene rings is 2. The molecule has 0 radical (unpaired) electrons. The summed E-state index contributed by atoms with van der Waals surface area (Å²) in [5.74, 6) is -0.0376. The number of carbonyl (C=O) groups excluding carboxylic acids is 2. The number of nitrogens with one attached hydrogen (secondary N) is 2. The van der Waals surface area contributed by atoms with Crippen LogP contribution in [0.15, 0.2) is 35.2 Å². The largest absolute Gasteiger partial charge is 0.496 e. The van der Waals surface area contributed by atoms with E-state index in [0.29, 0.717) is 22.7 Å². The highest BCUT2D eigenvalue weighted by atomic mass is 32.2. The highest BCUT2D eigenvalue weighted by Gasteiger charge is 2.31. The minimum Gasteiger partial charge on any atom is -0.496 e. The van der Waals surface area contributed by atoms with Crippen molar-refractivity contribution >= 4 is 33.2 Å². The molecular formula is C20H23N3O5S. The molecule has 1 aliphatic rings. The zero-order valence-electron chi connectivity index (χ0n) is 16.7. The molecule has 0 unspecified atom stereocenters. The van der Waals surface area contributed by atoms with Crippen molar-refractivity contribution in [1.29, 1.82) is 0 Å². The van der Waals surface area contributed by atoms with E-state index >= 15 is 0 Å². The van der Waals surface area contributed by atoms with Crippen molar-refractivity contribution in [2.75, 3.05) is 31.3 Å². The second-order valence-corrected chi connectivity index (χ2v) is 9.03. The van der Waals surface area contributed by atoms with Crippen LogP contribution in [0.1, 0.15) is 16.7 Å².